The van der Waals surface area contributed by atoms with Crippen LogP contribution >= 0.6 is 0 Å². The van der Waals surface area contributed by atoms with Crippen LogP contribution in [-0.4, -0.2) is 34.0 Å². The molecule has 5 aliphatic rings. The van der Waals surface area contributed by atoms with Crippen LogP contribution in [-0.2, 0) is 4.79 Å². The van der Waals surface area contributed by atoms with Gasteiger partial charge in [0.2, 0.25) is 0 Å². The number of rotatable bonds is 3. The molecule has 0 heterocycles. The van der Waals surface area contributed by atoms with Gasteiger partial charge in [-0.25, -0.2) is 0 Å². The molecule has 4 nitrogen and oxygen atoms in total. The molecule has 5 rings (SSSR count). The minimum absolute atomic E-state index is 0.00554. The van der Waals surface area contributed by atoms with Gasteiger partial charge in [-0.15, -0.1) is 0 Å². The van der Waals surface area contributed by atoms with E-state index in [1.54, 1.807) is 0 Å². The van der Waals surface area contributed by atoms with Gasteiger partial charge < -0.3 is 15.3 Å². The van der Waals surface area contributed by atoms with E-state index < -0.39 is 22.9 Å². The zero-order valence-electron chi connectivity index (χ0n) is 21.9. The third-order valence-corrected chi connectivity index (χ3v) is 13.1. The molecular formula is C30H46O4. The zero-order chi connectivity index (χ0) is 24.9. The maximum absolute atomic E-state index is 12.8. The molecule has 0 aromatic heterocycles. The van der Waals surface area contributed by atoms with E-state index in [0.717, 1.165) is 51.4 Å². The van der Waals surface area contributed by atoms with Gasteiger partial charge in [-0.1, -0.05) is 52.0 Å². The molecule has 0 aromatic rings. The van der Waals surface area contributed by atoms with Gasteiger partial charge in [0, 0.05) is 5.41 Å². The molecule has 34 heavy (non-hydrogen) atoms. The minimum atomic E-state index is -0.604. The average molecular weight is 471 g/mol. The lowest BCUT2D eigenvalue weighted by Crippen LogP contribution is -2.66. The second kappa shape index (κ2) is 7.44. The molecule has 0 aliphatic heterocycles. The first-order chi connectivity index (χ1) is 15.8. The van der Waals surface area contributed by atoms with Crippen LogP contribution in [0.3, 0.4) is 0 Å². The van der Waals surface area contributed by atoms with Gasteiger partial charge in [-0.05, 0) is 104 Å². The third kappa shape index (κ3) is 2.71. The lowest BCUT2D eigenvalue weighted by atomic mass is 9.33. The van der Waals surface area contributed by atoms with Crippen molar-refractivity contribution >= 4 is 5.97 Å². The van der Waals surface area contributed by atoms with Gasteiger partial charge in [0.1, 0.15) is 0 Å². The Labute approximate surface area is 205 Å². The molecule has 0 unspecified atom stereocenters. The van der Waals surface area contributed by atoms with Crippen molar-refractivity contribution in [2.24, 2.45) is 56.7 Å². The molecule has 0 amide bonds. The van der Waals surface area contributed by atoms with E-state index in [-0.39, 0.29) is 34.7 Å². The lowest BCUT2D eigenvalue weighted by Gasteiger charge is -2.71. The van der Waals surface area contributed by atoms with E-state index in [2.05, 4.69) is 47.3 Å². The van der Waals surface area contributed by atoms with Gasteiger partial charge in [-0.2, -0.15) is 0 Å². The summed E-state index contributed by atoms with van der Waals surface area (Å²) in [5.74, 6) is 1.06. The Balaban J connectivity index is 1.58. The van der Waals surface area contributed by atoms with Crippen LogP contribution < -0.4 is 0 Å². The second-order valence-corrected chi connectivity index (χ2v) is 14.0. The largest absolute Gasteiger partial charge is 0.481 e. The van der Waals surface area contributed by atoms with Gasteiger partial charge in [0.05, 0.1) is 18.1 Å². The molecule has 11 atom stereocenters. The molecule has 3 N–H and O–H groups in total. The van der Waals surface area contributed by atoms with Crippen molar-refractivity contribution < 1.29 is 20.1 Å². The third-order valence-electron chi connectivity index (χ3n) is 13.1. The molecule has 0 saturated heterocycles. The number of hydrogen-bond acceptors (Lipinski definition) is 3. The Morgan fingerprint density at radius 1 is 0.971 bits per heavy atom. The molecule has 5 aliphatic carbocycles. The van der Waals surface area contributed by atoms with Crippen LogP contribution in [0.5, 0.6) is 0 Å². The number of aliphatic hydroxyl groups excluding tert-OH is 2. The maximum atomic E-state index is 12.8. The summed E-state index contributed by atoms with van der Waals surface area (Å²) in [7, 11) is 0. The zero-order valence-corrected chi connectivity index (χ0v) is 21.9. The molecule has 4 heteroatoms. The number of fused-ring (bicyclic) bond motifs is 7. The Morgan fingerprint density at radius 3 is 2.29 bits per heavy atom. The first-order valence-electron chi connectivity index (χ1n) is 13.7. The topological polar surface area (TPSA) is 77.8 Å². The molecule has 190 valence electrons. The molecule has 0 spiro atoms. The lowest BCUT2D eigenvalue weighted by molar-refractivity contribution is -0.230. The van der Waals surface area contributed by atoms with E-state index in [1.807, 2.05) is 6.08 Å². The summed E-state index contributed by atoms with van der Waals surface area (Å²) < 4.78 is 0. The second-order valence-electron chi connectivity index (χ2n) is 14.0. The van der Waals surface area contributed by atoms with E-state index in [0.29, 0.717) is 17.8 Å². The summed E-state index contributed by atoms with van der Waals surface area (Å²) in [6, 6.07) is 0. The molecule has 0 aromatic carbocycles. The Hall–Kier alpha value is -1.13. The Kier molecular flexibility index (Phi) is 5.38. The van der Waals surface area contributed by atoms with Gasteiger partial charge in [-0.3, -0.25) is 4.79 Å². The van der Waals surface area contributed by atoms with Crippen molar-refractivity contribution in [1.29, 1.82) is 0 Å². The van der Waals surface area contributed by atoms with Crippen molar-refractivity contribution in [3.05, 3.63) is 24.3 Å². The normalized spacial score (nSPS) is 56.1. The number of carbonyl (C=O) groups is 1. The molecular weight excluding hydrogens is 424 g/mol. The summed E-state index contributed by atoms with van der Waals surface area (Å²) in [6.07, 6.45) is 11.5. The van der Waals surface area contributed by atoms with Crippen LogP contribution in [0.25, 0.3) is 0 Å². The molecule has 0 bridgehead atoms. The predicted octanol–water partition coefficient (Wildman–Crippen LogP) is 5.84. The first kappa shape index (κ1) is 24.6. The first-order valence-corrected chi connectivity index (χ1v) is 13.7. The number of allylic oxidation sites excluding steroid dienone is 2. The van der Waals surface area contributed by atoms with Gasteiger partial charge >= 0.3 is 5.97 Å². The summed E-state index contributed by atoms with van der Waals surface area (Å²) in [5.41, 5.74) is 0.208. The molecule has 0 radical (unpaired) electrons. The minimum Gasteiger partial charge on any atom is -0.481 e. The Bertz CT molecular complexity index is 925. The number of aliphatic hydroxyl groups is 2. The van der Waals surface area contributed by atoms with E-state index in [4.69, 9.17) is 0 Å². The fourth-order valence-electron chi connectivity index (χ4n) is 11.0. The Morgan fingerprint density at radius 2 is 1.68 bits per heavy atom. The molecule has 4 fully saturated rings. The quantitative estimate of drug-likeness (QED) is 0.453. The highest BCUT2D eigenvalue weighted by Crippen LogP contribution is 2.77. The smallest absolute Gasteiger partial charge is 0.309 e. The summed E-state index contributed by atoms with van der Waals surface area (Å²) in [6.45, 7) is 15.9. The highest BCUT2D eigenvalue weighted by Gasteiger charge is 2.71. The van der Waals surface area contributed by atoms with Crippen molar-refractivity contribution in [2.75, 3.05) is 6.61 Å². The van der Waals surface area contributed by atoms with Gasteiger partial charge in [0.25, 0.3) is 0 Å². The predicted molar refractivity (Wildman–Crippen MR) is 134 cm³/mol. The van der Waals surface area contributed by atoms with E-state index >= 15 is 0 Å². The standard InChI is InChI=1S/C30H46O4/c1-18(2)19-9-14-30(25(33)34)16-15-28(5)20(24(19)30)7-8-22-26(3)12-11-23(32)27(4,17-31)21(26)10-13-29(22,28)6/h11-12,19-24,31-32H,1,7-10,13-17H2,2-6H3,(H,33,34)/t19-,20+,21+,22+,23-,24+,26-,27-,28+,29+,30-/m0/s1. The maximum Gasteiger partial charge on any atom is 0.309 e. The number of carboxylic acid groups (broad SMARTS) is 1. The SMILES string of the molecule is C=C(C)[C@@H]1CC[C@]2(C(=O)O)CC[C@]3(C)[C@H](CC[C@@H]4[C@@]5(C)C=C[C@H](O)[C@@](C)(CO)[C@@H]5CC[C@]43C)[C@@H]12. The summed E-state index contributed by atoms with van der Waals surface area (Å²) >= 11 is 0. The van der Waals surface area contributed by atoms with Crippen molar-refractivity contribution in [2.45, 2.75) is 92.1 Å². The van der Waals surface area contributed by atoms with E-state index in [1.165, 1.54) is 5.57 Å². The monoisotopic (exact) mass is 470 g/mol. The average Bonchev–Trinajstić information content (AvgIpc) is 3.18. The summed E-state index contributed by atoms with van der Waals surface area (Å²) in [4.78, 5) is 12.8. The number of carboxylic acids is 1. The number of aliphatic carboxylic acids is 1. The van der Waals surface area contributed by atoms with Crippen LogP contribution in [0.15, 0.2) is 24.3 Å². The summed E-state index contributed by atoms with van der Waals surface area (Å²) in [5, 5.41) is 31.7. The molecule has 4 saturated carbocycles. The van der Waals surface area contributed by atoms with Gasteiger partial charge in [0.15, 0.2) is 0 Å². The van der Waals surface area contributed by atoms with Crippen LogP contribution in [0, 0.1) is 56.7 Å². The van der Waals surface area contributed by atoms with Crippen molar-refractivity contribution in [1.82, 2.24) is 0 Å². The van der Waals surface area contributed by atoms with Crippen molar-refractivity contribution in [3.63, 3.8) is 0 Å². The highest BCUT2D eigenvalue weighted by atomic mass is 16.4. The fraction of sp³-hybridized carbons (Fsp3) is 0.833. The van der Waals surface area contributed by atoms with E-state index in [9.17, 15) is 20.1 Å². The number of hydrogen-bond donors (Lipinski definition) is 3. The van der Waals surface area contributed by atoms with Crippen LogP contribution in [0.4, 0.5) is 0 Å². The van der Waals surface area contributed by atoms with Crippen molar-refractivity contribution in [3.8, 4) is 0 Å². The van der Waals surface area contributed by atoms with Crippen LogP contribution in [0.2, 0.25) is 0 Å². The highest BCUT2D eigenvalue weighted by molar-refractivity contribution is 5.76. The fourth-order valence-corrected chi connectivity index (χ4v) is 11.0. The van der Waals surface area contributed by atoms with Crippen LogP contribution in [0.1, 0.15) is 86.0 Å².